The number of carbonyl (C=O) groups excluding carboxylic acids is 1. The Morgan fingerprint density at radius 3 is 2.67 bits per heavy atom. The molecule has 0 unspecified atom stereocenters. The van der Waals surface area contributed by atoms with Crippen LogP contribution in [0.5, 0.6) is 0 Å². The fourth-order valence-corrected chi connectivity index (χ4v) is 2.47. The smallest absolute Gasteiger partial charge is 0.388 e. The number of nitrogens with zero attached hydrogens (tertiary/aromatic N) is 1. The molecular weight excluding hydrogens is 283 g/mol. The Kier molecular flexibility index (Phi) is 4.02. The van der Waals surface area contributed by atoms with Crippen LogP contribution in [0.2, 0.25) is 0 Å². The number of amides is 1. The molecule has 0 aliphatic carbocycles. The van der Waals surface area contributed by atoms with E-state index in [1.165, 1.54) is 17.0 Å². The van der Waals surface area contributed by atoms with E-state index in [0.717, 1.165) is 12.1 Å². The average Bonchev–Trinajstić information content (AvgIpc) is 2.63. The van der Waals surface area contributed by atoms with Gasteiger partial charge in [-0.05, 0) is 18.6 Å². The van der Waals surface area contributed by atoms with E-state index in [0.29, 0.717) is 12.1 Å². The highest BCUT2D eigenvalue weighted by Crippen LogP contribution is 2.30. The van der Waals surface area contributed by atoms with Crippen molar-refractivity contribution in [3.63, 3.8) is 0 Å². The molecule has 1 fully saturated rings. The molecule has 2 rings (SSSR count). The number of aliphatic hydroxyl groups is 1. The van der Waals surface area contributed by atoms with Crippen LogP contribution in [0.25, 0.3) is 0 Å². The van der Waals surface area contributed by atoms with Crippen molar-refractivity contribution in [3.05, 3.63) is 35.4 Å². The second-order valence-corrected chi connectivity index (χ2v) is 5.91. The van der Waals surface area contributed by atoms with Gasteiger partial charge < -0.3 is 10.0 Å². The fourth-order valence-electron chi connectivity index (χ4n) is 2.47. The molecule has 1 aromatic carbocycles. The van der Waals surface area contributed by atoms with E-state index in [9.17, 15) is 23.1 Å². The molecule has 0 spiro atoms. The van der Waals surface area contributed by atoms with E-state index >= 15 is 0 Å². The van der Waals surface area contributed by atoms with E-state index in [2.05, 4.69) is 0 Å². The van der Waals surface area contributed by atoms with Crippen molar-refractivity contribution >= 4 is 5.91 Å². The number of benzene rings is 1. The lowest BCUT2D eigenvalue weighted by Gasteiger charge is -2.20. The third kappa shape index (κ3) is 3.56. The van der Waals surface area contributed by atoms with Crippen LogP contribution < -0.4 is 0 Å². The van der Waals surface area contributed by atoms with Crippen LogP contribution in [0.1, 0.15) is 25.0 Å². The maximum absolute atomic E-state index is 12.6. The van der Waals surface area contributed by atoms with Crippen LogP contribution in [0.15, 0.2) is 24.3 Å². The van der Waals surface area contributed by atoms with Gasteiger partial charge in [-0.15, -0.1) is 0 Å². The van der Waals surface area contributed by atoms with Crippen LogP contribution >= 0.6 is 0 Å². The molecule has 3 nitrogen and oxygen atoms in total. The minimum absolute atomic E-state index is 0.0528. The van der Waals surface area contributed by atoms with Crippen molar-refractivity contribution in [3.8, 4) is 0 Å². The number of carbonyl (C=O) groups is 1. The molecule has 0 bridgehead atoms. The Morgan fingerprint density at radius 1 is 1.48 bits per heavy atom. The van der Waals surface area contributed by atoms with Gasteiger partial charge in [0.25, 0.3) is 0 Å². The summed E-state index contributed by atoms with van der Waals surface area (Å²) < 4.78 is 37.9. The summed E-state index contributed by atoms with van der Waals surface area (Å²) in [6.45, 7) is 4.14. The summed E-state index contributed by atoms with van der Waals surface area (Å²) in [4.78, 5) is 13.6. The van der Waals surface area contributed by atoms with Gasteiger partial charge in [-0.1, -0.05) is 25.1 Å². The Hall–Kier alpha value is -1.56. The van der Waals surface area contributed by atoms with Crippen LogP contribution in [0, 0.1) is 5.92 Å². The van der Waals surface area contributed by atoms with Gasteiger partial charge in [0, 0.05) is 19.0 Å². The van der Waals surface area contributed by atoms with Gasteiger partial charge in [-0.3, -0.25) is 4.79 Å². The third-order valence-electron chi connectivity index (χ3n) is 4.03. The lowest BCUT2D eigenvalue weighted by Crippen LogP contribution is -2.35. The number of hydrogen-bond acceptors (Lipinski definition) is 2. The fraction of sp³-hybridized carbons (Fsp3) is 0.533. The molecular formula is C15H18F3NO2. The summed E-state index contributed by atoms with van der Waals surface area (Å²) >= 11 is 0. The van der Waals surface area contributed by atoms with E-state index in [1.807, 2.05) is 6.92 Å². The normalized spacial score (nSPS) is 26.2. The van der Waals surface area contributed by atoms with Gasteiger partial charge in [0.05, 0.1) is 17.6 Å². The Labute approximate surface area is 121 Å². The first kappa shape index (κ1) is 15.8. The molecule has 1 aromatic rings. The van der Waals surface area contributed by atoms with Crippen LogP contribution in [-0.4, -0.2) is 34.6 Å². The largest absolute Gasteiger partial charge is 0.416 e. The summed E-state index contributed by atoms with van der Waals surface area (Å²) in [7, 11) is 0. The van der Waals surface area contributed by atoms with Crippen LogP contribution in [0.4, 0.5) is 13.2 Å². The summed E-state index contributed by atoms with van der Waals surface area (Å²) in [5.74, 6) is -0.318. The van der Waals surface area contributed by atoms with E-state index in [-0.39, 0.29) is 24.8 Å². The van der Waals surface area contributed by atoms with Gasteiger partial charge in [0.1, 0.15) is 0 Å². The number of hydrogen-bond donors (Lipinski definition) is 1. The van der Waals surface area contributed by atoms with Crippen molar-refractivity contribution in [2.24, 2.45) is 5.92 Å². The highest BCUT2D eigenvalue weighted by Gasteiger charge is 2.40. The quantitative estimate of drug-likeness (QED) is 0.911. The zero-order chi connectivity index (χ0) is 15.8. The zero-order valence-electron chi connectivity index (χ0n) is 11.9. The predicted molar refractivity (Wildman–Crippen MR) is 71.5 cm³/mol. The number of likely N-dealkylation sites (tertiary alicyclic amines) is 1. The van der Waals surface area contributed by atoms with Crippen molar-refractivity contribution in [1.29, 1.82) is 0 Å². The molecule has 116 valence electrons. The van der Waals surface area contributed by atoms with Crippen molar-refractivity contribution < 1.29 is 23.1 Å². The monoisotopic (exact) mass is 301 g/mol. The molecule has 2 atom stereocenters. The topological polar surface area (TPSA) is 40.5 Å². The molecule has 1 heterocycles. The number of halogens is 3. The summed E-state index contributed by atoms with van der Waals surface area (Å²) in [6.07, 6.45) is -4.50. The van der Waals surface area contributed by atoms with Crippen molar-refractivity contribution in [2.75, 3.05) is 13.1 Å². The molecule has 6 heteroatoms. The first-order chi connectivity index (χ1) is 9.59. The Morgan fingerprint density at radius 2 is 2.14 bits per heavy atom. The predicted octanol–water partition coefficient (Wildman–Crippen LogP) is 2.48. The molecule has 1 aliphatic rings. The number of alkyl halides is 3. The highest BCUT2D eigenvalue weighted by molar-refractivity contribution is 5.79. The standard InChI is InChI=1S/C15H18F3NO2/c1-10-8-19(9-14(10,2)21)13(20)7-11-4-3-5-12(6-11)15(16,17)18/h3-6,10,21H,7-9H2,1-2H3/t10-,14+/m1/s1. The van der Waals surface area contributed by atoms with Gasteiger partial charge in [-0.25, -0.2) is 0 Å². The molecule has 0 radical (unpaired) electrons. The SMILES string of the molecule is C[C@@H]1CN(C(=O)Cc2cccc(C(F)(F)F)c2)C[C@]1(C)O. The lowest BCUT2D eigenvalue weighted by atomic mass is 9.95. The van der Waals surface area contributed by atoms with Gasteiger partial charge in [0.2, 0.25) is 5.91 Å². The Bertz CT molecular complexity index is 540. The Balaban J connectivity index is 2.07. The van der Waals surface area contributed by atoms with Crippen LogP contribution in [0.3, 0.4) is 0 Å². The highest BCUT2D eigenvalue weighted by atomic mass is 19.4. The van der Waals surface area contributed by atoms with E-state index < -0.39 is 17.3 Å². The summed E-state index contributed by atoms with van der Waals surface area (Å²) in [5, 5.41) is 10.1. The second-order valence-electron chi connectivity index (χ2n) is 5.91. The second kappa shape index (κ2) is 5.33. The van der Waals surface area contributed by atoms with Gasteiger partial charge in [-0.2, -0.15) is 13.2 Å². The van der Waals surface area contributed by atoms with Crippen LogP contribution in [-0.2, 0) is 17.4 Å². The number of rotatable bonds is 2. The minimum atomic E-state index is -4.41. The van der Waals surface area contributed by atoms with Crippen molar-refractivity contribution in [2.45, 2.75) is 32.0 Å². The third-order valence-corrected chi connectivity index (χ3v) is 4.03. The van der Waals surface area contributed by atoms with Crippen molar-refractivity contribution in [1.82, 2.24) is 4.90 Å². The number of β-amino-alcohol motifs (C(OH)–C–C–N with tert-alkyl or cyclic N) is 1. The molecule has 1 saturated heterocycles. The zero-order valence-corrected chi connectivity index (χ0v) is 11.9. The van der Waals surface area contributed by atoms with Gasteiger partial charge >= 0.3 is 6.18 Å². The minimum Gasteiger partial charge on any atom is -0.388 e. The molecule has 0 aromatic heterocycles. The van der Waals surface area contributed by atoms with E-state index in [1.54, 1.807) is 6.92 Å². The van der Waals surface area contributed by atoms with Gasteiger partial charge in [0.15, 0.2) is 0 Å². The summed E-state index contributed by atoms with van der Waals surface area (Å²) in [5.41, 5.74) is -1.37. The molecule has 1 N–H and O–H groups in total. The van der Waals surface area contributed by atoms with E-state index in [4.69, 9.17) is 0 Å². The lowest BCUT2D eigenvalue weighted by molar-refractivity contribution is -0.138. The maximum Gasteiger partial charge on any atom is 0.416 e. The molecule has 0 saturated carbocycles. The molecule has 1 aliphatic heterocycles. The molecule has 21 heavy (non-hydrogen) atoms. The first-order valence-electron chi connectivity index (χ1n) is 6.76. The first-order valence-corrected chi connectivity index (χ1v) is 6.76. The average molecular weight is 301 g/mol. The molecule has 1 amide bonds. The maximum atomic E-state index is 12.6. The summed E-state index contributed by atoms with van der Waals surface area (Å²) in [6, 6.07) is 4.78.